The van der Waals surface area contributed by atoms with Gasteiger partial charge in [-0.2, -0.15) is 0 Å². The van der Waals surface area contributed by atoms with Gasteiger partial charge in [-0.05, 0) is 55.3 Å². The van der Waals surface area contributed by atoms with Crippen LogP contribution in [-0.4, -0.2) is 26.6 Å². The van der Waals surface area contributed by atoms with E-state index in [1.165, 1.54) is 24.3 Å². The maximum Gasteiger partial charge on any atom is 0.329 e. The topological polar surface area (TPSA) is 75.1 Å². The molecule has 0 amide bonds. The minimum Gasteiger partial charge on any atom is -0.480 e. The Balaban J connectivity index is 1.81. The van der Waals surface area contributed by atoms with E-state index in [2.05, 4.69) is 15.3 Å². The van der Waals surface area contributed by atoms with E-state index in [1.807, 2.05) is 0 Å². The molecule has 0 saturated heterocycles. The third-order valence-electron chi connectivity index (χ3n) is 4.57. The summed E-state index contributed by atoms with van der Waals surface area (Å²) in [6.45, 7) is 0. The van der Waals surface area contributed by atoms with E-state index in [0.717, 1.165) is 0 Å². The zero-order chi connectivity index (χ0) is 19.9. The summed E-state index contributed by atoms with van der Waals surface area (Å²) in [5, 5.41) is 12.3. The summed E-state index contributed by atoms with van der Waals surface area (Å²) in [4.78, 5) is 20.3. The lowest BCUT2D eigenvalue weighted by atomic mass is 10.1. The molecule has 1 aromatic heterocycles. The molecule has 2 N–H and O–H groups in total. The number of nitrogens with zero attached hydrogens (tertiary/aromatic N) is 2. The lowest BCUT2D eigenvalue weighted by Crippen LogP contribution is -2.31. The molecule has 3 aromatic rings. The fourth-order valence-corrected chi connectivity index (χ4v) is 2.92. The van der Waals surface area contributed by atoms with E-state index >= 15 is 0 Å². The van der Waals surface area contributed by atoms with Crippen LogP contribution in [0.4, 0.5) is 14.6 Å². The molecule has 5 nitrogen and oxygen atoms in total. The Morgan fingerprint density at radius 1 is 1.04 bits per heavy atom. The molecule has 4 rings (SSSR count). The van der Waals surface area contributed by atoms with Crippen LogP contribution in [0.3, 0.4) is 0 Å². The van der Waals surface area contributed by atoms with Gasteiger partial charge in [-0.1, -0.05) is 11.6 Å². The molecule has 0 atom stereocenters. The Labute approximate surface area is 164 Å². The molecule has 0 spiro atoms. The number of anilines is 1. The molecule has 8 heteroatoms. The molecule has 0 bridgehead atoms. The third kappa shape index (κ3) is 3.53. The molecule has 2 aromatic carbocycles. The van der Waals surface area contributed by atoms with E-state index < -0.39 is 17.3 Å². The number of hydrogen-bond donors (Lipinski definition) is 2. The Morgan fingerprint density at radius 2 is 1.71 bits per heavy atom. The number of aliphatic carboxylic acids is 1. The van der Waals surface area contributed by atoms with Gasteiger partial charge in [0.2, 0.25) is 0 Å². The smallest absolute Gasteiger partial charge is 0.329 e. The predicted molar refractivity (Wildman–Crippen MR) is 101 cm³/mol. The number of hydrogen-bond acceptors (Lipinski definition) is 4. The second-order valence-electron chi connectivity index (χ2n) is 6.61. The van der Waals surface area contributed by atoms with E-state index in [0.29, 0.717) is 35.5 Å². The number of carbonyl (C=O) groups is 1. The highest BCUT2D eigenvalue weighted by molar-refractivity contribution is 6.30. The molecule has 1 aliphatic rings. The second kappa shape index (κ2) is 6.83. The summed E-state index contributed by atoms with van der Waals surface area (Å²) < 4.78 is 27.2. The van der Waals surface area contributed by atoms with E-state index in [1.54, 1.807) is 24.3 Å². The molecule has 0 radical (unpaired) electrons. The maximum absolute atomic E-state index is 13.9. The van der Waals surface area contributed by atoms with Crippen molar-refractivity contribution >= 4 is 23.4 Å². The van der Waals surface area contributed by atoms with Gasteiger partial charge in [0, 0.05) is 17.2 Å². The summed E-state index contributed by atoms with van der Waals surface area (Å²) in [5.41, 5.74) is 0.387. The van der Waals surface area contributed by atoms with Crippen molar-refractivity contribution in [1.82, 2.24) is 9.97 Å². The number of benzene rings is 2. The van der Waals surface area contributed by atoms with Crippen LogP contribution in [-0.2, 0) is 4.79 Å². The van der Waals surface area contributed by atoms with Crippen molar-refractivity contribution < 1.29 is 18.7 Å². The van der Waals surface area contributed by atoms with Gasteiger partial charge in [-0.15, -0.1) is 0 Å². The first-order chi connectivity index (χ1) is 13.4. The van der Waals surface area contributed by atoms with Gasteiger partial charge in [0.05, 0.1) is 10.7 Å². The van der Waals surface area contributed by atoms with Crippen LogP contribution in [0.2, 0.25) is 5.02 Å². The van der Waals surface area contributed by atoms with Crippen LogP contribution >= 0.6 is 11.6 Å². The van der Waals surface area contributed by atoms with Crippen LogP contribution < -0.4 is 5.32 Å². The lowest BCUT2D eigenvalue weighted by Gasteiger charge is -2.15. The summed E-state index contributed by atoms with van der Waals surface area (Å²) in [6.07, 6.45) is 0.951. The molecule has 142 valence electrons. The molecule has 0 aliphatic heterocycles. The van der Waals surface area contributed by atoms with Crippen molar-refractivity contribution in [3.05, 3.63) is 65.2 Å². The number of carboxylic acids is 1. The van der Waals surface area contributed by atoms with Crippen molar-refractivity contribution in [3.63, 3.8) is 0 Å². The van der Waals surface area contributed by atoms with Crippen molar-refractivity contribution in [2.24, 2.45) is 0 Å². The number of nitrogens with one attached hydrogen (secondary N) is 1. The minimum atomic E-state index is -1.06. The Bertz CT molecular complexity index is 1070. The summed E-state index contributed by atoms with van der Waals surface area (Å²) >= 11 is 5.74. The molecule has 28 heavy (non-hydrogen) atoms. The number of halogens is 3. The van der Waals surface area contributed by atoms with Crippen molar-refractivity contribution in [3.8, 4) is 22.6 Å². The fraction of sp³-hybridized carbons (Fsp3) is 0.150. The molecule has 1 saturated carbocycles. The van der Waals surface area contributed by atoms with Gasteiger partial charge >= 0.3 is 5.97 Å². The van der Waals surface area contributed by atoms with Crippen LogP contribution in [0.25, 0.3) is 22.6 Å². The molecular weight excluding hydrogens is 388 g/mol. The normalized spacial score (nSPS) is 14.5. The Kier molecular flexibility index (Phi) is 4.47. The number of rotatable bonds is 5. The summed E-state index contributed by atoms with van der Waals surface area (Å²) in [5.74, 6) is -1.48. The SMILES string of the molecule is O=C(O)C1(Nc2cc(-c3ccc(F)cc3)nc(-c3ccc(Cl)c(F)c3)n2)CC1. The summed E-state index contributed by atoms with van der Waals surface area (Å²) in [7, 11) is 0. The number of carboxylic acid groups (broad SMARTS) is 1. The lowest BCUT2D eigenvalue weighted by molar-refractivity contribution is -0.138. The molecule has 0 unspecified atom stereocenters. The maximum atomic E-state index is 13.9. The van der Waals surface area contributed by atoms with Gasteiger partial charge in [-0.3, -0.25) is 0 Å². The monoisotopic (exact) mass is 401 g/mol. The zero-order valence-corrected chi connectivity index (χ0v) is 15.2. The van der Waals surface area contributed by atoms with Crippen LogP contribution in [0.1, 0.15) is 12.8 Å². The van der Waals surface area contributed by atoms with Gasteiger partial charge < -0.3 is 10.4 Å². The van der Waals surface area contributed by atoms with E-state index in [4.69, 9.17) is 11.6 Å². The molecule has 1 heterocycles. The van der Waals surface area contributed by atoms with Crippen LogP contribution in [0, 0.1) is 11.6 Å². The highest BCUT2D eigenvalue weighted by Gasteiger charge is 2.50. The average Bonchev–Trinajstić information content (AvgIpc) is 3.45. The molecule has 1 aliphatic carbocycles. The predicted octanol–water partition coefficient (Wildman–Crippen LogP) is 4.77. The van der Waals surface area contributed by atoms with Gasteiger partial charge in [0.1, 0.15) is 23.0 Å². The number of aromatic nitrogens is 2. The average molecular weight is 402 g/mol. The van der Waals surface area contributed by atoms with E-state index in [-0.39, 0.29) is 16.7 Å². The van der Waals surface area contributed by atoms with Crippen molar-refractivity contribution in [2.75, 3.05) is 5.32 Å². The van der Waals surface area contributed by atoms with E-state index in [9.17, 15) is 18.7 Å². The Hall–Kier alpha value is -3.06. The minimum absolute atomic E-state index is 0.0281. The highest BCUT2D eigenvalue weighted by Crippen LogP contribution is 2.39. The zero-order valence-electron chi connectivity index (χ0n) is 14.4. The van der Waals surface area contributed by atoms with Gasteiger partial charge in [0.15, 0.2) is 5.82 Å². The first-order valence-electron chi connectivity index (χ1n) is 8.48. The van der Waals surface area contributed by atoms with Crippen molar-refractivity contribution in [1.29, 1.82) is 0 Å². The standard InChI is InChI=1S/C20H14ClF2N3O2/c21-14-6-3-12(9-15(14)23)18-24-16(11-1-4-13(22)5-2-11)10-17(25-18)26-20(7-8-20)19(27)28/h1-6,9-10H,7-8H2,(H,27,28)(H,24,25,26). The summed E-state index contributed by atoms with van der Waals surface area (Å²) in [6, 6.07) is 11.5. The first kappa shape index (κ1) is 18.3. The quantitative estimate of drug-likeness (QED) is 0.644. The van der Waals surface area contributed by atoms with Gasteiger partial charge in [0.25, 0.3) is 0 Å². The Morgan fingerprint density at radius 3 is 2.32 bits per heavy atom. The molecule has 1 fully saturated rings. The third-order valence-corrected chi connectivity index (χ3v) is 4.88. The molecular formula is C20H14ClF2N3O2. The largest absolute Gasteiger partial charge is 0.480 e. The van der Waals surface area contributed by atoms with Gasteiger partial charge in [-0.25, -0.2) is 23.5 Å². The van der Waals surface area contributed by atoms with Crippen LogP contribution in [0.15, 0.2) is 48.5 Å². The van der Waals surface area contributed by atoms with Crippen molar-refractivity contribution in [2.45, 2.75) is 18.4 Å². The second-order valence-corrected chi connectivity index (χ2v) is 7.02. The first-order valence-corrected chi connectivity index (χ1v) is 8.86. The van der Waals surface area contributed by atoms with Crippen LogP contribution in [0.5, 0.6) is 0 Å². The highest BCUT2D eigenvalue weighted by atomic mass is 35.5. The fourth-order valence-electron chi connectivity index (χ4n) is 2.81.